The third kappa shape index (κ3) is 4.84. The zero-order valence-electron chi connectivity index (χ0n) is 12.0. The molecule has 1 N–H and O–H groups in total. The standard InChI is InChI=1S/C16H25NO2/c1-13(17-19-16-5-3-4-6-16)7-8-14-9-11-15(18-2)12-10-14/h9-13,16-17H,3-8H2,1-2H3. The summed E-state index contributed by atoms with van der Waals surface area (Å²) in [6.45, 7) is 2.18. The van der Waals surface area contributed by atoms with Gasteiger partial charge in [-0.05, 0) is 50.3 Å². The summed E-state index contributed by atoms with van der Waals surface area (Å²) < 4.78 is 5.16. The van der Waals surface area contributed by atoms with E-state index >= 15 is 0 Å². The molecule has 1 fully saturated rings. The molecule has 0 heterocycles. The lowest BCUT2D eigenvalue weighted by Crippen LogP contribution is -2.30. The Morgan fingerprint density at radius 3 is 2.53 bits per heavy atom. The lowest BCUT2D eigenvalue weighted by molar-refractivity contribution is -0.0382. The van der Waals surface area contributed by atoms with E-state index in [1.807, 2.05) is 12.1 Å². The zero-order chi connectivity index (χ0) is 13.5. The molecule has 1 atom stereocenters. The summed E-state index contributed by atoms with van der Waals surface area (Å²) >= 11 is 0. The van der Waals surface area contributed by atoms with E-state index in [0.717, 1.165) is 18.6 Å². The van der Waals surface area contributed by atoms with Crippen LogP contribution in [0.4, 0.5) is 0 Å². The van der Waals surface area contributed by atoms with Crippen LogP contribution in [-0.2, 0) is 11.3 Å². The van der Waals surface area contributed by atoms with E-state index < -0.39 is 0 Å². The van der Waals surface area contributed by atoms with Gasteiger partial charge in [0.05, 0.1) is 13.2 Å². The second-order valence-corrected chi connectivity index (χ2v) is 5.43. The van der Waals surface area contributed by atoms with Crippen molar-refractivity contribution >= 4 is 0 Å². The van der Waals surface area contributed by atoms with Gasteiger partial charge in [-0.25, -0.2) is 0 Å². The molecule has 3 nitrogen and oxygen atoms in total. The summed E-state index contributed by atoms with van der Waals surface area (Å²) in [5.41, 5.74) is 4.54. The Morgan fingerprint density at radius 2 is 1.89 bits per heavy atom. The Morgan fingerprint density at radius 1 is 1.21 bits per heavy atom. The Labute approximate surface area is 116 Å². The number of hydrogen-bond donors (Lipinski definition) is 1. The van der Waals surface area contributed by atoms with Crippen LogP contribution in [0.2, 0.25) is 0 Å². The van der Waals surface area contributed by atoms with Crippen LogP contribution in [0.5, 0.6) is 5.75 Å². The van der Waals surface area contributed by atoms with Gasteiger partial charge in [0.15, 0.2) is 0 Å². The molecule has 0 spiro atoms. The number of benzene rings is 1. The molecule has 1 aliphatic rings. The average molecular weight is 263 g/mol. The minimum absolute atomic E-state index is 0.391. The first-order chi connectivity index (χ1) is 9.28. The summed E-state index contributed by atoms with van der Waals surface area (Å²) in [6, 6.07) is 8.68. The van der Waals surface area contributed by atoms with E-state index in [4.69, 9.17) is 9.57 Å². The lowest BCUT2D eigenvalue weighted by Gasteiger charge is -2.17. The molecule has 1 unspecified atom stereocenters. The average Bonchev–Trinajstić information content (AvgIpc) is 2.96. The SMILES string of the molecule is COc1ccc(CCC(C)NOC2CCCC2)cc1. The molecule has 3 heteroatoms. The van der Waals surface area contributed by atoms with Crippen molar-refractivity contribution in [2.75, 3.05) is 7.11 Å². The van der Waals surface area contributed by atoms with Crippen LogP contribution in [0.3, 0.4) is 0 Å². The third-order valence-electron chi connectivity index (χ3n) is 3.76. The van der Waals surface area contributed by atoms with E-state index in [9.17, 15) is 0 Å². The molecule has 0 aliphatic heterocycles. The van der Waals surface area contributed by atoms with Gasteiger partial charge in [-0.1, -0.05) is 25.0 Å². The number of aryl methyl sites for hydroxylation is 1. The molecule has 0 saturated heterocycles. The van der Waals surface area contributed by atoms with E-state index in [2.05, 4.69) is 24.5 Å². The topological polar surface area (TPSA) is 30.5 Å². The van der Waals surface area contributed by atoms with Gasteiger partial charge in [0.2, 0.25) is 0 Å². The van der Waals surface area contributed by atoms with E-state index in [1.54, 1.807) is 7.11 Å². The van der Waals surface area contributed by atoms with Crippen LogP contribution < -0.4 is 10.2 Å². The van der Waals surface area contributed by atoms with E-state index in [0.29, 0.717) is 12.1 Å². The quantitative estimate of drug-likeness (QED) is 0.764. The van der Waals surface area contributed by atoms with Crippen molar-refractivity contribution in [2.24, 2.45) is 0 Å². The molecule has 1 aromatic rings. The van der Waals surface area contributed by atoms with Crippen molar-refractivity contribution in [1.82, 2.24) is 5.48 Å². The molecule has 0 radical (unpaired) electrons. The summed E-state index contributed by atoms with van der Waals surface area (Å²) in [5.74, 6) is 0.916. The van der Waals surface area contributed by atoms with Crippen LogP contribution in [0.15, 0.2) is 24.3 Å². The first-order valence-corrected chi connectivity index (χ1v) is 7.32. The van der Waals surface area contributed by atoms with E-state index in [-0.39, 0.29) is 0 Å². The fourth-order valence-electron chi connectivity index (χ4n) is 2.45. The molecule has 0 aromatic heterocycles. The minimum atomic E-state index is 0.391. The first-order valence-electron chi connectivity index (χ1n) is 7.32. The number of nitrogens with one attached hydrogen (secondary N) is 1. The molecule has 106 valence electrons. The third-order valence-corrected chi connectivity index (χ3v) is 3.76. The van der Waals surface area contributed by atoms with Gasteiger partial charge in [-0.2, -0.15) is 5.48 Å². The summed E-state index contributed by atoms with van der Waals surface area (Å²) in [6.07, 6.45) is 7.62. The Balaban J connectivity index is 1.65. The normalized spacial score (nSPS) is 17.6. The first kappa shape index (κ1) is 14.4. The molecule has 1 saturated carbocycles. The highest BCUT2D eigenvalue weighted by molar-refractivity contribution is 5.27. The Kier molecular flexibility index (Phi) is 5.67. The highest BCUT2D eigenvalue weighted by Crippen LogP contribution is 2.20. The largest absolute Gasteiger partial charge is 0.497 e. The second kappa shape index (κ2) is 7.51. The minimum Gasteiger partial charge on any atom is -0.497 e. The maximum atomic E-state index is 5.72. The van der Waals surface area contributed by atoms with Crippen molar-refractivity contribution in [3.05, 3.63) is 29.8 Å². The fourth-order valence-corrected chi connectivity index (χ4v) is 2.45. The van der Waals surface area contributed by atoms with Gasteiger partial charge in [0.25, 0.3) is 0 Å². The molecule has 1 aliphatic carbocycles. The van der Waals surface area contributed by atoms with Crippen molar-refractivity contribution in [3.8, 4) is 5.75 Å². The van der Waals surface area contributed by atoms with Crippen LogP contribution in [0.1, 0.15) is 44.6 Å². The predicted octanol–water partition coefficient (Wildman–Crippen LogP) is 3.48. The van der Waals surface area contributed by atoms with Crippen molar-refractivity contribution in [1.29, 1.82) is 0 Å². The zero-order valence-corrected chi connectivity index (χ0v) is 12.0. The molecular weight excluding hydrogens is 238 g/mol. The number of methoxy groups -OCH3 is 1. The van der Waals surface area contributed by atoms with Gasteiger partial charge in [-0.3, -0.25) is 4.84 Å². The van der Waals surface area contributed by atoms with Gasteiger partial charge in [0.1, 0.15) is 5.75 Å². The van der Waals surface area contributed by atoms with Crippen molar-refractivity contribution in [3.63, 3.8) is 0 Å². The lowest BCUT2D eigenvalue weighted by atomic mass is 10.1. The molecule has 0 bridgehead atoms. The van der Waals surface area contributed by atoms with Crippen LogP contribution >= 0.6 is 0 Å². The molecule has 0 amide bonds. The maximum absolute atomic E-state index is 5.72. The fraction of sp³-hybridized carbons (Fsp3) is 0.625. The van der Waals surface area contributed by atoms with Gasteiger partial charge in [0, 0.05) is 6.04 Å². The van der Waals surface area contributed by atoms with Crippen LogP contribution in [0, 0.1) is 0 Å². The van der Waals surface area contributed by atoms with Crippen molar-refractivity contribution in [2.45, 2.75) is 57.6 Å². The molecular formula is C16H25NO2. The summed E-state index contributed by atoms with van der Waals surface area (Å²) in [7, 11) is 1.70. The monoisotopic (exact) mass is 263 g/mol. The van der Waals surface area contributed by atoms with Gasteiger partial charge in [-0.15, -0.1) is 0 Å². The second-order valence-electron chi connectivity index (χ2n) is 5.43. The number of hydrogen-bond acceptors (Lipinski definition) is 3. The maximum Gasteiger partial charge on any atom is 0.118 e. The van der Waals surface area contributed by atoms with Crippen LogP contribution in [-0.4, -0.2) is 19.3 Å². The highest BCUT2D eigenvalue weighted by atomic mass is 16.7. The smallest absolute Gasteiger partial charge is 0.118 e. The number of hydroxylamine groups is 1. The Hall–Kier alpha value is -1.06. The predicted molar refractivity (Wildman–Crippen MR) is 77.3 cm³/mol. The molecule has 1 aromatic carbocycles. The van der Waals surface area contributed by atoms with Crippen LogP contribution in [0.25, 0.3) is 0 Å². The summed E-state index contributed by atoms with van der Waals surface area (Å²) in [4.78, 5) is 5.72. The highest BCUT2D eigenvalue weighted by Gasteiger charge is 2.16. The molecule has 2 rings (SSSR count). The number of ether oxygens (including phenoxy) is 1. The number of rotatable bonds is 7. The van der Waals surface area contributed by atoms with Crippen molar-refractivity contribution < 1.29 is 9.57 Å². The van der Waals surface area contributed by atoms with Gasteiger partial charge >= 0.3 is 0 Å². The molecule has 19 heavy (non-hydrogen) atoms. The Bertz CT molecular complexity index is 358. The van der Waals surface area contributed by atoms with Gasteiger partial charge < -0.3 is 4.74 Å². The van der Waals surface area contributed by atoms with E-state index in [1.165, 1.54) is 31.2 Å². The summed E-state index contributed by atoms with van der Waals surface area (Å²) in [5, 5.41) is 0.